The lowest BCUT2D eigenvalue weighted by Gasteiger charge is -2.30. The molecule has 0 radical (unpaired) electrons. The third-order valence-corrected chi connectivity index (χ3v) is 17.4. The number of aryl methyl sites for hydroxylation is 2. The zero-order chi connectivity index (χ0) is 52.9. The van der Waals surface area contributed by atoms with Crippen molar-refractivity contribution >= 4 is 77.2 Å². The maximum atomic E-state index is 2.49. The topological polar surface area (TPSA) is 6.48 Å². The lowest BCUT2D eigenvalue weighted by Crippen LogP contribution is -2.15. The lowest BCUT2D eigenvalue weighted by atomic mass is 9.84. The number of para-hydroxylation sites is 2. The van der Waals surface area contributed by atoms with E-state index in [9.17, 15) is 0 Å². The minimum atomic E-state index is 1.10. The Morgan fingerprint density at radius 3 is 0.850 bits per heavy atom. The van der Waals surface area contributed by atoms with Crippen molar-refractivity contribution in [1.29, 1.82) is 0 Å². The highest BCUT2D eigenvalue weighted by Crippen LogP contribution is 2.49. The van der Waals surface area contributed by atoms with Crippen molar-refractivity contribution in [3.63, 3.8) is 0 Å². The third-order valence-electron chi connectivity index (χ3n) is 17.4. The fourth-order valence-electron chi connectivity index (χ4n) is 13.9. The van der Waals surface area contributed by atoms with Crippen LogP contribution in [0.15, 0.2) is 267 Å². The molecule has 0 amide bonds. The van der Waals surface area contributed by atoms with Crippen LogP contribution in [0.2, 0.25) is 0 Å². The molecule has 13 aromatic carbocycles. The van der Waals surface area contributed by atoms with E-state index in [1.54, 1.807) is 0 Å². The Balaban J connectivity index is 0.848. The second-order valence-electron chi connectivity index (χ2n) is 21.9. The Labute approximate surface area is 469 Å². The molecule has 0 saturated heterocycles. The summed E-state index contributed by atoms with van der Waals surface area (Å²) in [7, 11) is 0. The van der Waals surface area contributed by atoms with Crippen molar-refractivity contribution in [3.05, 3.63) is 289 Å². The van der Waals surface area contributed by atoms with Crippen molar-refractivity contribution in [2.24, 2.45) is 0 Å². The molecule has 13 aromatic rings. The fraction of sp³-hybridized carbons (Fsp3) is 0.103. The molecule has 0 saturated carbocycles. The van der Waals surface area contributed by atoms with Gasteiger partial charge < -0.3 is 9.80 Å². The average Bonchev–Trinajstić information content (AvgIpc) is 3.55. The van der Waals surface area contributed by atoms with E-state index in [-0.39, 0.29) is 0 Å². The van der Waals surface area contributed by atoms with Gasteiger partial charge in [-0.05, 0) is 222 Å². The van der Waals surface area contributed by atoms with E-state index in [1.807, 2.05) is 0 Å². The highest BCUT2D eigenvalue weighted by molar-refractivity contribution is 6.23. The quantitative estimate of drug-likeness (QED) is 0.126. The monoisotopic (exact) mass is 1020 g/mol. The van der Waals surface area contributed by atoms with Crippen LogP contribution in [0.4, 0.5) is 34.1 Å². The van der Waals surface area contributed by atoms with E-state index < -0.39 is 0 Å². The Kier molecular flexibility index (Phi) is 12.1. The summed E-state index contributed by atoms with van der Waals surface area (Å²) in [6, 6.07) is 99.9. The number of rotatable bonds is 10. The van der Waals surface area contributed by atoms with Crippen LogP contribution in [-0.4, -0.2) is 0 Å². The molecule has 2 nitrogen and oxygen atoms in total. The minimum Gasteiger partial charge on any atom is -0.310 e. The van der Waals surface area contributed by atoms with Crippen LogP contribution in [0, 0.1) is 0 Å². The summed E-state index contributed by atoms with van der Waals surface area (Å²) in [6.07, 6.45) is 9.44. The van der Waals surface area contributed by atoms with Crippen molar-refractivity contribution in [1.82, 2.24) is 0 Å². The van der Waals surface area contributed by atoms with Gasteiger partial charge in [-0.1, -0.05) is 206 Å². The summed E-state index contributed by atoms with van der Waals surface area (Å²) in [5, 5.41) is 9.98. The van der Waals surface area contributed by atoms with Crippen LogP contribution < -0.4 is 9.80 Å². The van der Waals surface area contributed by atoms with Crippen LogP contribution in [-0.2, 0) is 25.7 Å². The summed E-state index contributed by atoms with van der Waals surface area (Å²) in [5.41, 5.74) is 23.0. The molecule has 2 aliphatic carbocycles. The van der Waals surface area contributed by atoms with Crippen molar-refractivity contribution in [3.8, 4) is 44.5 Å². The van der Waals surface area contributed by atoms with Gasteiger partial charge in [0.1, 0.15) is 0 Å². The lowest BCUT2D eigenvalue weighted by molar-refractivity contribution is 0.686. The standard InChI is InChI=1S/C78H60N2/c1-3-29-59(30-4-1)79(73-45-21-25-53-23-7-9-35-63(53)73)61-33-19-27-57(51-61)77-69-41-15-11-37-65(69)75(66-38-12-16-42-70(66)77)55-47-49-56(50-48-55)76-67-39-13-17-43-71(67)78(72-44-18-14-40-68(72)76)58-28-20-34-62(52-58)80(60-31-5-2-6-32-60)74-46-22-26-54-24-8-10-36-64(54)74/h1-6,11-22,25-34,37-52H,7-10,23-24,35-36H2. The summed E-state index contributed by atoms with van der Waals surface area (Å²) in [6.45, 7) is 0. The van der Waals surface area contributed by atoms with E-state index in [4.69, 9.17) is 0 Å². The van der Waals surface area contributed by atoms with Gasteiger partial charge in [0.2, 0.25) is 0 Å². The molecule has 0 atom stereocenters. The van der Waals surface area contributed by atoms with Gasteiger partial charge in [-0.15, -0.1) is 0 Å². The predicted octanol–water partition coefficient (Wildman–Crippen LogP) is 21.7. The summed E-state index contributed by atoms with van der Waals surface area (Å²) in [4.78, 5) is 4.98. The Hall–Kier alpha value is -9.50. The zero-order valence-corrected chi connectivity index (χ0v) is 45.0. The summed E-state index contributed by atoms with van der Waals surface area (Å²) < 4.78 is 0. The maximum Gasteiger partial charge on any atom is 0.0496 e. The van der Waals surface area contributed by atoms with Crippen LogP contribution >= 0.6 is 0 Å². The van der Waals surface area contributed by atoms with Gasteiger partial charge in [-0.3, -0.25) is 0 Å². The van der Waals surface area contributed by atoms with Gasteiger partial charge in [-0.2, -0.15) is 0 Å². The first-order chi connectivity index (χ1) is 39.7. The second-order valence-corrected chi connectivity index (χ2v) is 21.9. The van der Waals surface area contributed by atoms with Crippen LogP contribution in [0.25, 0.3) is 87.6 Å². The number of nitrogens with zero attached hydrogens (tertiary/aromatic N) is 2. The number of anilines is 6. The summed E-state index contributed by atoms with van der Waals surface area (Å²) >= 11 is 0. The van der Waals surface area contributed by atoms with E-state index in [2.05, 4.69) is 277 Å². The Morgan fingerprint density at radius 2 is 0.500 bits per heavy atom. The van der Waals surface area contributed by atoms with Crippen molar-refractivity contribution in [2.45, 2.75) is 51.4 Å². The molecule has 0 heterocycles. The molecule has 2 aliphatic rings. The van der Waals surface area contributed by atoms with Crippen LogP contribution in [0.1, 0.15) is 47.9 Å². The molecular weight excluding hydrogens is 965 g/mol. The highest BCUT2D eigenvalue weighted by Gasteiger charge is 2.25. The first-order valence-electron chi connectivity index (χ1n) is 28.8. The largest absolute Gasteiger partial charge is 0.310 e. The molecule has 0 aromatic heterocycles. The van der Waals surface area contributed by atoms with Gasteiger partial charge in [0.15, 0.2) is 0 Å². The highest BCUT2D eigenvalue weighted by atomic mass is 15.2. The van der Waals surface area contributed by atoms with E-state index >= 15 is 0 Å². The second kappa shape index (κ2) is 20.4. The normalized spacial score (nSPS) is 13.1. The molecule has 2 heteroatoms. The molecule has 0 spiro atoms. The molecule has 382 valence electrons. The number of benzene rings is 13. The van der Waals surface area contributed by atoms with Gasteiger partial charge in [0, 0.05) is 34.1 Å². The SMILES string of the molecule is c1ccc(N(c2cccc(-c3c4ccccc4c(-c4ccc(-c5c6ccccc6c(-c6cccc(N(c7ccccc7)c7cccc8c7CCCC8)c6)c6ccccc56)cc4)c4ccccc34)c2)c2cccc3c2CCCC3)cc1. The maximum absolute atomic E-state index is 2.49. The first kappa shape index (κ1) is 47.7. The Morgan fingerprint density at radius 1 is 0.212 bits per heavy atom. The van der Waals surface area contributed by atoms with Crippen molar-refractivity contribution < 1.29 is 0 Å². The predicted molar refractivity (Wildman–Crippen MR) is 341 cm³/mol. The molecule has 0 bridgehead atoms. The first-order valence-corrected chi connectivity index (χ1v) is 28.8. The Bertz CT molecular complexity index is 4080. The minimum absolute atomic E-state index is 1.10. The molecule has 0 N–H and O–H groups in total. The molecule has 15 rings (SSSR count). The molecular formula is C78H60N2. The van der Waals surface area contributed by atoms with Crippen LogP contribution in [0.5, 0.6) is 0 Å². The van der Waals surface area contributed by atoms with Crippen LogP contribution in [0.3, 0.4) is 0 Å². The number of fused-ring (bicyclic) bond motifs is 6. The molecule has 80 heavy (non-hydrogen) atoms. The van der Waals surface area contributed by atoms with Gasteiger partial charge in [0.25, 0.3) is 0 Å². The molecule has 0 fully saturated rings. The fourth-order valence-corrected chi connectivity index (χ4v) is 13.9. The van der Waals surface area contributed by atoms with E-state index in [0.717, 1.165) is 37.1 Å². The van der Waals surface area contributed by atoms with Gasteiger partial charge >= 0.3 is 0 Å². The van der Waals surface area contributed by atoms with E-state index in [1.165, 1.54) is 158 Å². The molecule has 0 unspecified atom stereocenters. The number of hydrogen-bond donors (Lipinski definition) is 0. The smallest absolute Gasteiger partial charge is 0.0496 e. The van der Waals surface area contributed by atoms with Crippen molar-refractivity contribution in [2.75, 3.05) is 9.80 Å². The molecule has 0 aliphatic heterocycles. The zero-order valence-electron chi connectivity index (χ0n) is 45.0. The van der Waals surface area contributed by atoms with Gasteiger partial charge in [-0.25, -0.2) is 0 Å². The summed E-state index contributed by atoms with van der Waals surface area (Å²) in [5.74, 6) is 0. The van der Waals surface area contributed by atoms with E-state index in [0.29, 0.717) is 0 Å². The number of hydrogen-bond acceptors (Lipinski definition) is 2. The average molecular weight is 1030 g/mol. The van der Waals surface area contributed by atoms with Gasteiger partial charge in [0.05, 0.1) is 0 Å². The third kappa shape index (κ3) is 8.25.